The number of methoxy groups -OCH3 is 1. The van der Waals surface area contributed by atoms with Crippen LogP contribution in [-0.4, -0.2) is 25.5 Å². The maximum atomic E-state index is 13.4. The minimum Gasteiger partial charge on any atom is -0.495 e. The fraction of sp³-hybridized carbons (Fsp3) is 0.125. The van der Waals surface area contributed by atoms with Crippen LogP contribution in [0.4, 0.5) is 4.39 Å². The van der Waals surface area contributed by atoms with Crippen molar-refractivity contribution in [2.24, 2.45) is 0 Å². The van der Waals surface area contributed by atoms with Crippen molar-refractivity contribution >= 4 is 46.6 Å². The highest BCUT2D eigenvalue weighted by molar-refractivity contribution is 6.36. The number of hydrogen-bond donors (Lipinski definition) is 0. The van der Waals surface area contributed by atoms with Gasteiger partial charge in [-0.05, 0) is 30.3 Å². The van der Waals surface area contributed by atoms with E-state index in [-0.39, 0.29) is 26.2 Å². The van der Waals surface area contributed by atoms with Gasteiger partial charge >= 0.3 is 5.97 Å². The molecule has 0 radical (unpaired) electrons. The molecule has 0 aliphatic heterocycles. The van der Waals surface area contributed by atoms with Crippen molar-refractivity contribution in [2.75, 3.05) is 13.7 Å². The molecular formula is C16H10Cl3FO4. The first-order chi connectivity index (χ1) is 11.3. The van der Waals surface area contributed by atoms with E-state index in [2.05, 4.69) is 0 Å². The zero-order valence-corrected chi connectivity index (χ0v) is 14.5. The van der Waals surface area contributed by atoms with Gasteiger partial charge < -0.3 is 9.47 Å². The topological polar surface area (TPSA) is 52.6 Å². The molecule has 0 aromatic heterocycles. The lowest BCUT2D eigenvalue weighted by molar-refractivity contribution is 0.0474. The summed E-state index contributed by atoms with van der Waals surface area (Å²) in [5.74, 6) is -1.84. The second kappa shape index (κ2) is 7.83. The van der Waals surface area contributed by atoms with Crippen molar-refractivity contribution in [1.29, 1.82) is 0 Å². The molecular weight excluding hydrogens is 382 g/mol. The standard InChI is InChI=1S/C16H10Cl3FO4/c1-23-15-3-2-8(4-12(15)19)14(21)7-24-16(22)9-5-13(20)11(18)6-10(9)17/h2-6H,7H2,1H3. The fourth-order valence-electron chi connectivity index (χ4n) is 1.81. The Hall–Kier alpha value is -1.82. The van der Waals surface area contributed by atoms with Crippen LogP contribution in [0.25, 0.3) is 0 Å². The molecule has 0 N–H and O–H groups in total. The molecule has 2 aromatic rings. The number of hydrogen-bond acceptors (Lipinski definition) is 4. The lowest BCUT2D eigenvalue weighted by Gasteiger charge is -2.08. The van der Waals surface area contributed by atoms with Gasteiger partial charge in [-0.1, -0.05) is 34.8 Å². The van der Waals surface area contributed by atoms with Crippen LogP contribution in [0.1, 0.15) is 20.7 Å². The summed E-state index contributed by atoms with van der Waals surface area (Å²) in [6, 6.07) is 6.33. The van der Waals surface area contributed by atoms with Gasteiger partial charge in [0.15, 0.2) is 12.4 Å². The van der Waals surface area contributed by atoms with E-state index in [9.17, 15) is 14.0 Å². The molecule has 8 heteroatoms. The summed E-state index contributed by atoms with van der Waals surface area (Å²) in [4.78, 5) is 24.0. The quantitative estimate of drug-likeness (QED) is 0.416. The highest BCUT2D eigenvalue weighted by Crippen LogP contribution is 2.26. The number of halogens is 4. The van der Waals surface area contributed by atoms with Crippen molar-refractivity contribution < 1.29 is 23.5 Å². The van der Waals surface area contributed by atoms with Gasteiger partial charge in [-0.25, -0.2) is 9.18 Å². The molecule has 0 unspecified atom stereocenters. The number of benzene rings is 2. The van der Waals surface area contributed by atoms with E-state index in [0.717, 1.165) is 12.1 Å². The molecule has 2 rings (SSSR count). The summed E-state index contributed by atoms with van der Waals surface area (Å²) in [5.41, 5.74) is 0.0149. The van der Waals surface area contributed by atoms with Gasteiger partial charge in [-0.3, -0.25) is 4.79 Å². The summed E-state index contributed by atoms with van der Waals surface area (Å²) in [6.07, 6.45) is 0. The normalized spacial score (nSPS) is 10.4. The molecule has 24 heavy (non-hydrogen) atoms. The number of ether oxygens (including phenoxy) is 2. The van der Waals surface area contributed by atoms with Crippen molar-refractivity contribution in [2.45, 2.75) is 0 Å². The van der Waals surface area contributed by atoms with Crippen molar-refractivity contribution in [3.05, 3.63) is 62.3 Å². The third-order valence-electron chi connectivity index (χ3n) is 3.04. The van der Waals surface area contributed by atoms with Crippen LogP contribution in [0.2, 0.25) is 15.1 Å². The fourth-order valence-corrected chi connectivity index (χ4v) is 2.53. The predicted octanol–water partition coefficient (Wildman–Crippen LogP) is 4.83. The summed E-state index contributed by atoms with van der Waals surface area (Å²) >= 11 is 17.3. The highest BCUT2D eigenvalue weighted by Gasteiger charge is 2.18. The van der Waals surface area contributed by atoms with E-state index in [1.165, 1.54) is 25.3 Å². The minimum absolute atomic E-state index is 0.0775. The summed E-state index contributed by atoms with van der Waals surface area (Å²) in [7, 11) is 1.44. The smallest absolute Gasteiger partial charge is 0.340 e. The Balaban J connectivity index is 2.07. The number of carbonyl (C=O) groups excluding carboxylic acids is 2. The van der Waals surface area contributed by atoms with Crippen LogP contribution >= 0.6 is 34.8 Å². The molecule has 4 nitrogen and oxygen atoms in total. The SMILES string of the molecule is COc1ccc(C(=O)COC(=O)c2cc(F)c(Cl)cc2Cl)cc1Cl. The van der Waals surface area contributed by atoms with Gasteiger partial charge in [0.1, 0.15) is 11.6 Å². The third kappa shape index (κ3) is 4.17. The van der Waals surface area contributed by atoms with Crippen LogP contribution in [0, 0.1) is 5.82 Å². The predicted molar refractivity (Wildman–Crippen MR) is 89.0 cm³/mol. The van der Waals surface area contributed by atoms with Gasteiger partial charge in [-0.15, -0.1) is 0 Å². The number of ketones is 1. The van der Waals surface area contributed by atoms with Gasteiger partial charge in [0.25, 0.3) is 0 Å². The summed E-state index contributed by atoms with van der Waals surface area (Å²) in [6.45, 7) is -0.554. The van der Waals surface area contributed by atoms with Gasteiger partial charge in [0.05, 0.1) is 27.7 Å². The van der Waals surface area contributed by atoms with Gasteiger partial charge in [-0.2, -0.15) is 0 Å². The Morgan fingerprint density at radius 3 is 2.38 bits per heavy atom. The number of rotatable bonds is 5. The minimum atomic E-state index is -0.941. The van der Waals surface area contributed by atoms with Crippen molar-refractivity contribution in [1.82, 2.24) is 0 Å². The Morgan fingerprint density at radius 1 is 1.04 bits per heavy atom. The van der Waals surface area contributed by atoms with E-state index in [1.54, 1.807) is 0 Å². The van der Waals surface area contributed by atoms with E-state index in [1.807, 2.05) is 0 Å². The average molecular weight is 392 g/mol. The van der Waals surface area contributed by atoms with Gasteiger partial charge in [0, 0.05) is 5.56 Å². The van der Waals surface area contributed by atoms with Gasteiger partial charge in [0.2, 0.25) is 0 Å². The first-order valence-electron chi connectivity index (χ1n) is 6.52. The Morgan fingerprint density at radius 2 is 1.75 bits per heavy atom. The highest BCUT2D eigenvalue weighted by atomic mass is 35.5. The lowest BCUT2D eigenvalue weighted by atomic mass is 10.1. The molecule has 0 spiro atoms. The molecule has 0 fully saturated rings. The first-order valence-corrected chi connectivity index (χ1v) is 7.65. The number of carbonyl (C=O) groups is 2. The zero-order chi connectivity index (χ0) is 17.9. The van der Waals surface area contributed by atoms with Crippen LogP contribution in [0.5, 0.6) is 5.75 Å². The number of esters is 1. The maximum absolute atomic E-state index is 13.4. The Labute approximate surface area is 152 Å². The van der Waals surface area contributed by atoms with Crippen LogP contribution in [0.15, 0.2) is 30.3 Å². The van der Waals surface area contributed by atoms with Crippen LogP contribution < -0.4 is 4.74 Å². The van der Waals surface area contributed by atoms with E-state index < -0.39 is 24.2 Å². The molecule has 126 valence electrons. The lowest BCUT2D eigenvalue weighted by Crippen LogP contribution is -2.15. The molecule has 0 saturated carbocycles. The summed E-state index contributed by atoms with van der Waals surface area (Å²) in [5, 5.41) is -0.0515. The van der Waals surface area contributed by atoms with Crippen molar-refractivity contribution in [3.8, 4) is 5.75 Å². The van der Waals surface area contributed by atoms with Crippen molar-refractivity contribution in [3.63, 3.8) is 0 Å². The molecule has 0 amide bonds. The molecule has 0 atom stereocenters. The maximum Gasteiger partial charge on any atom is 0.340 e. The zero-order valence-electron chi connectivity index (χ0n) is 12.2. The van der Waals surface area contributed by atoms with E-state index in [4.69, 9.17) is 44.3 Å². The second-order valence-electron chi connectivity index (χ2n) is 4.59. The molecule has 0 aliphatic rings. The average Bonchev–Trinajstić information content (AvgIpc) is 2.55. The Kier molecular flexibility index (Phi) is 6.04. The molecule has 0 bridgehead atoms. The summed E-state index contributed by atoms with van der Waals surface area (Å²) < 4.78 is 23.2. The van der Waals surface area contributed by atoms with Crippen LogP contribution in [0.3, 0.4) is 0 Å². The molecule has 0 aliphatic carbocycles. The molecule has 0 saturated heterocycles. The molecule has 0 heterocycles. The third-order valence-corrected chi connectivity index (χ3v) is 3.94. The Bertz CT molecular complexity index is 808. The largest absolute Gasteiger partial charge is 0.495 e. The van der Waals surface area contributed by atoms with E-state index >= 15 is 0 Å². The number of Topliss-reactive ketones (excluding diaryl/α,β-unsaturated/α-hetero) is 1. The first kappa shape index (κ1) is 18.5. The van der Waals surface area contributed by atoms with Crippen LogP contribution in [-0.2, 0) is 4.74 Å². The second-order valence-corrected chi connectivity index (χ2v) is 5.82. The monoisotopic (exact) mass is 390 g/mol. The van der Waals surface area contributed by atoms with E-state index in [0.29, 0.717) is 5.75 Å². The molecule has 2 aromatic carbocycles.